The van der Waals surface area contributed by atoms with E-state index >= 15 is 0 Å². The zero-order valence-corrected chi connectivity index (χ0v) is 29.8. The number of ether oxygens (including phenoxy) is 8. The van der Waals surface area contributed by atoms with Gasteiger partial charge in [-0.2, -0.15) is 0 Å². The van der Waals surface area contributed by atoms with E-state index in [1.807, 2.05) is 0 Å². The number of hydrogen-bond acceptors (Lipinski definition) is 10. The number of fused-ring (bicyclic) bond motifs is 2. The summed E-state index contributed by atoms with van der Waals surface area (Å²) in [6, 6.07) is 24.9. The van der Waals surface area contributed by atoms with Crippen LogP contribution in [0.3, 0.4) is 0 Å². The van der Waals surface area contributed by atoms with Crippen LogP contribution in [0, 0.1) is 0 Å². The van der Waals surface area contributed by atoms with E-state index in [2.05, 4.69) is 72.8 Å². The lowest BCUT2D eigenvalue weighted by atomic mass is 9.91. The van der Waals surface area contributed by atoms with Crippen molar-refractivity contribution in [2.24, 2.45) is 0 Å². The second-order valence-electron chi connectivity index (χ2n) is 12.6. The fourth-order valence-corrected chi connectivity index (χ4v) is 6.69. The minimum Gasteiger partial charge on any atom is -0.491 e. The Morgan fingerprint density at radius 2 is 0.654 bits per heavy atom. The van der Waals surface area contributed by atoms with Crippen molar-refractivity contribution in [3.05, 3.63) is 117 Å². The fraction of sp³-hybridized carbons (Fsp3) is 0.429. The van der Waals surface area contributed by atoms with E-state index in [1.165, 1.54) is 0 Å². The molecule has 2 N–H and O–H groups in total. The van der Waals surface area contributed by atoms with Crippen LogP contribution in [-0.2, 0) is 44.6 Å². The van der Waals surface area contributed by atoms with Crippen LogP contribution in [0.25, 0.3) is 0 Å². The molecule has 10 bridgehead atoms. The Hall–Kier alpha value is -4.16. The Morgan fingerprint density at radius 1 is 0.385 bits per heavy atom. The van der Waals surface area contributed by atoms with Crippen LogP contribution in [0.2, 0.25) is 0 Å². The molecule has 0 saturated carbocycles. The monoisotopic (exact) mass is 714 g/mol. The normalized spacial score (nSPS) is 16.3. The predicted molar refractivity (Wildman–Crippen MR) is 196 cm³/mol. The maximum absolute atomic E-state index is 9.81. The molecule has 6 rings (SSSR count). The summed E-state index contributed by atoms with van der Waals surface area (Å²) in [6.07, 6.45) is 2.18. The lowest BCUT2D eigenvalue weighted by molar-refractivity contribution is -0.00706. The molecule has 10 nitrogen and oxygen atoms in total. The number of hydrogen-bond donors (Lipinski definition) is 2. The van der Waals surface area contributed by atoms with Crippen molar-refractivity contribution in [1.29, 1.82) is 0 Å². The van der Waals surface area contributed by atoms with E-state index in [9.17, 15) is 10.2 Å². The van der Waals surface area contributed by atoms with Gasteiger partial charge >= 0.3 is 0 Å². The highest BCUT2D eigenvalue weighted by Crippen LogP contribution is 2.38. The van der Waals surface area contributed by atoms with Gasteiger partial charge in [0.2, 0.25) is 0 Å². The maximum Gasteiger partial charge on any atom is 0.126 e. The molecule has 0 saturated heterocycles. The van der Waals surface area contributed by atoms with Gasteiger partial charge < -0.3 is 48.1 Å². The molecule has 1 heterocycles. The number of rotatable bonds is 6. The van der Waals surface area contributed by atoms with Crippen molar-refractivity contribution in [3.63, 3.8) is 0 Å². The first-order valence-corrected chi connectivity index (χ1v) is 18.2. The highest BCUT2D eigenvalue weighted by atomic mass is 16.6. The van der Waals surface area contributed by atoms with Crippen LogP contribution in [0.1, 0.15) is 44.5 Å². The van der Waals surface area contributed by atoms with Gasteiger partial charge in [0.25, 0.3) is 0 Å². The summed E-state index contributed by atoms with van der Waals surface area (Å²) in [5, 5.41) is 19.6. The van der Waals surface area contributed by atoms with Crippen LogP contribution in [0.5, 0.6) is 23.0 Å². The molecule has 278 valence electrons. The topological polar surface area (TPSA) is 114 Å². The van der Waals surface area contributed by atoms with Gasteiger partial charge in [0.05, 0.1) is 66.1 Å². The molecule has 0 aromatic heterocycles. The summed E-state index contributed by atoms with van der Waals surface area (Å²) in [5.41, 5.74) is 7.97. The van der Waals surface area contributed by atoms with Gasteiger partial charge in [0.15, 0.2) is 0 Å². The fourth-order valence-electron chi connectivity index (χ4n) is 6.69. The quantitative estimate of drug-likeness (QED) is 0.251. The third-order valence-electron chi connectivity index (χ3n) is 8.98. The standard InChI is InChI=1S/C42H50O10/c43-13-15-49-39-31-5-1-6-32(39)28-36-10-4-12-38-30-34-8-2-7-33(40(34)50-16-14-44)29-37-11-3-9-35(27-31)41(37)51-25-23-47-21-19-45-17-18-46-20-22-48-24-26-52-42(36)38/h1-12,43-44H,13-30H2. The van der Waals surface area contributed by atoms with Crippen LogP contribution < -0.4 is 18.9 Å². The summed E-state index contributed by atoms with van der Waals surface area (Å²) < 4.78 is 48.9. The first-order valence-electron chi connectivity index (χ1n) is 18.2. The Labute approximate surface area is 306 Å². The van der Waals surface area contributed by atoms with Crippen LogP contribution >= 0.6 is 0 Å². The maximum atomic E-state index is 9.81. The van der Waals surface area contributed by atoms with Gasteiger partial charge in [0.1, 0.15) is 49.4 Å². The zero-order chi connectivity index (χ0) is 35.8. The van der Waals surface area contributed by atoms with Crippen molar-refractivity contribution in [3.8, 4) is 23.0 Å². The molecule has 0 radical (unpaired) electrons. The van der Waals surface area contributed by atoms with Gasteiger partial charge in [-0.25, -0.2) is 0 Å². The molecule has 10 heteroatoms. The summed E-state index contributed by atoms with van der Waals surface area (Å²) in [5.74, 6) is 3.08. The van der Waals surface area contributed by atoms with Gasteiger partial charge in [-0.1, -0.05) is 72.8 Å². The minimum absolute atomic E-state index is 0.101. The Bertz CT molecular complexity index is 1500. The molecule has 0 amide bonds. The SMILES string of the molecule is OCCOc1c2cccc1Cc1cccc3c1OCCOCCOCCOCCOCCOc1c(cccc1Cc1cccc(c1OCCO)C3)C2. The van der Waals surface area contributed by atoms with Gasteiger partial charge in [-0.15, -0.1) is 0 Å². The molecule has 0 unspecified atom stereocenters. The molecule has 1 aliphatic carbocycles. The largest absolute Gasteiger partial charge is 0.491 e. The zero-order valence-electron chi connectivity index (χ0n) is 29.8. The average Bonchev–Trinajstić information content (AvgIpc) is 3.15. The molecule has 52 heavy (non-hydrogen) atoms. The molecule has 4 aromatic carbocycles. The summed E-state index contributed by atoms with van der Waals surface area (Å²) >= 11 is 0. The number of aliphatic hydroxyl groups is 2. The molecule has 4 aromatic rings. The van der Waals surface area contributed by atoms with Crippen LogP contribution in [-0.4, -0.2) is 103 Å². The van der Waals surface area contributed by atoms with E-state index < -0.39 is 0 Å². The lowest BCUT2D eigenvalue weighted by Crippen LogP contribution is -2.15. The van der Waals surface area contributed by atoms with E-state index in [0.29, 0.717) is 91.8 Å². The predicted octanol–water partition coefficient (Wildman–Crippen LogP) is 4.94. The molecule has 2 aliphatic rings. The molecular weight excluding hydrogens is 664 g/mol. The highest BCUT2D eigenvalue weighted by Gasteiger charge is 2.21. The number of aliphatic hydroxyl groups excluding tert-OH is 2. The molecule has 0 atom stereocenters. The second kappa shape index (κ2) is 20.2. The van der Waals surface area contributed by atoms with Crippen molar-refractivity contribution >= 4 is 0 Å². The number of para-hydroxylation sites is 4. The molecule has 1 aliphatic heterocycles. The summed E-state index contributed by atoms with van der Waals surface area (Å²) in [7, 11) is 0. The van der Waals surface area contributed by atoms with E-state index in [0.717, 1.165) is 67.5 Å². The van der Waals surface area contributed by atoms with Crippen molar-refractivity contribution in [2.45, 2.75) is 25.7 Å². The van der Waals surface area contributed by atoms with E-state index in [-0.39, 0.29) is 26.4 Å². The Kier molecular flexibility index (Phi) is 14.6. The van der Waals surface area contributed by atoms with Crippen molar-refractivity contribution < 1.29 is 48.1 Å². The third kappa shape index (κ3) is 10.2. The first-order chi connectivity index (χ1) is 25.7. The third-order valence-corrected chi connectivity index (χ3v) is 8.98. The molecular formula is C42H50O10. The smallest absolute Gasteiger partial charge is 0.126 e. The second-order valence-corrected chi connectivity index (χ2v) is 12.6. The molecule has 0 spiro atoms. The van der Waals surface area contributed by atoms with Crippen molar-refractivity contribution in [1.82, 2.24) is 0 Å². The Morgan fingerprint density at radius 3 is 0.942 bits per heavy atom. The van der Waals surface area contributed by atoms with Gasteiger partial charge in [-0.3, -0.25) is 0 Å². The van der Waals surface area contributed by atoms with E-state index in [1.54, 1.807) is 0 Å². The van der Waals surface area contributed by atoms with Gasteiger partial charge in [-0.05, 0) is 44.5 Å². The Balaban J connectivity index is 1.48. The minimum atomic E-state index is -0.101. The van der Waals surface area contributed by atoms with Crippen LogP contribution in [0.4, 0.5) is 0 Å². The van der Waals surface area contributed by atoms with Crippen molar-refractivity contribution in [2.75, 3.05) is 92.5 Å². The first kappa shape index (κ1) is 37.6. The lowest BCUT2D eigenvalue weighted by Gasteiger charge is -2.22. The molecule has 0 fully saturated rings. The van der Waals surface area contributed by atoms with E-state index in [4.69, 9.17) is 37.9 Å². The highest BCUT2D eigenvalue weighted by molar-refractivity contribution is 5.56. The summed E-state index contributed by atoms with van der Waals surface area (Å²) in [4.78, 5) is 0. The number of benzene rings is 4. The average molecular weight is 715 g/mol. The summed E-state index contributed by atoms with van der Waals surface area (Å²) in [6.45, 7) is 4.41. The van der Waals surface area contributed by atoms with Gasteiger partial charge in [0, 0.05) is 25.7 Å². The van der Waals surface area contributed by atoms with Crippen LogP contribution in [0.15, 0.2) is 72.8 Å².